The third-order valence-corrected chi connectivity index (χ3v) is 0. The van der Waals surface area contributed by atoms with Crippen molar-refractivity contribution in [3.63, 3.8) is 0 Å². The van der Waals surface area contributed by atoms with Crippen molar-refractivity contribution in [2.45, 2.75) is 0 Å². The Kier molecular flexibility index (Phi) is 398. The van der Waals surface area contributed by atoms with Gasteiger partial charge in [-0.25, -0.2) is 0 Å². The van der Waals surface area contributed by atoms with Crippen LogP contribution in [-0.2, 0) is 72.1 Å². The third kappa shape index (κ3) is 22.6. The van der Waals surface area contributed by atoms with E-state index in [9.17, 15) is 0 Å². The van der Waals surface area contributed by atoms with Gasteiger partial charge in [0, 0.05) is 72.1 Å². The first kappa shape index (κ1) is 57.3. The van der Waals surface area contributed by atoms with Crippen LogP contribution < -0.4 is 0 Å². The van der Waals surface area contributed by atoms with E-state index in [1.807, 2.05) is 0 Å². The fourth-order valence-electron chi connectivity index (χ4n) is 0. The normalized spacial score (nSPS) is 0. The van der Waals surface area contributed by atoms with Crippen molar-refractivity contribution in [1.82, 2.24) is 0 Å². The summed E-state index contributed by atoms with van der Waals surface area (Å²) in [5, 5.41) is 0. The monoisotopic (exact) mass is 238 g/mol. The van der Waals surface area contributed by atoms with Crippen molar-refractivity contribution in [2.75, 3.05) is 0 Å². The van der Waals surface area contributed by atoms with Crippen LogP contribution in [0.4, 0.5) is 0 Å². The minimum Gasteiger partial charge on any atom is -0.412 e. The molecule has 0 spiro atoms. The Labute approximate surface area is 76.8 Å². The van der Waals surface area contributed by atoms with E-state index in [1.165, 1.54) is 0 Å². The van der Waals surface area contributed by atoms with Crippen molar-refractivity contribution in [3.05, 3.63) is 0 Å². The fourth-order valence-corrected chi connectivity index (χ4v) is 0. The molecule has 0 aromatic carbocycles. The van der Waals surface area contributed by atoms with E-state index in [0.717, 1.165) is 0 Å². The molecule has 0 saturated heterocycles. The molecule has 0 amide bonds. The summed E-state index contributed by atoms with van der Waals surface area (Å²) in [7, 11) is 0. The Morgan fingerprint density at radius 2 is 1.00 bits per heavy atom. The number of hydrogen-bond donors (Lipinski definition) is 0. The zero-order valence-electron chi connectivity index (χ0n) is 2.03. The van der Waals surface area contributed by atoms with Crippen LogP contribution in [0.1, 0.15) is 0 Å². The second-order valence-corrected chi connectivity index (χ2v) is 0. The van der Waals surface area contributed by atoms with E-state index in [-0.39, 0.29) is 77.5 Å². The molecule has 0 bridgehead atoms. The summed E-state index contributed by atoms with van der Waals surface area (Å²) in [6.07, 6.45) is 0. The molecule has 2 N–H and O–H groups in total. The first-order valence-corrected chi connectivity index (χ1v) is 0. The number of hydrogen-bond acceptors (Lipinski definition) is 0. The summed E-state index contributed by atoms with van der Waals surface area (Å²) in [6, 6.07) is 0. The summed E-state index contributed by atoms with van der Waals surface area (Å²) in [4.78, 5) is 0. The first-order chi connectivity index (χ1) is 0. The Balaban J connectivity index is 0. The van der Waals surface area contributed by atoms with Crippen LogP contribution in [-0.4, -0.2) is 5.48 Å². The van der Waals surface area contributed by atoms with Crippen molar-refractivity contribution in [2.24, 2.45) is 0 Å². The van der Waals surface area contributed by atoms with E-state index in [0.29, 0.717) is 0 Å². The molecular weight excluding hydrogens is 236 g/mol. The van der Waals surface area contributed by atoms with Gasteiger partial charge < -0.3 is 5.48 Å². The van der Waals surface area contributed by atoms with Crippen molar-refractivity contribution in [3.8, 4) is 0 Å². The Morgan fingerprint density at radius 3 is 1.00 bits per heavy atom. The summed E-state index contributed by atoms with van der Waals surface area (Å²) in [5.74, 6) is 0. The van der Waals surface area contributed by atoms with Gasteiger partial charge in [0.1, 0.15) is 0 Å². The Morgan fingerprint density at radius 1 is 1.00 bits per heavy atom. The standard InChI is InChI=1S/Co.Mn.Ni.H2O.Ti/h;;;1H2;. The largest absolute Gasteiger partial charge is 0.412 e. The summed E-state index contributed by atoms with van der Waals surface area (Å²) in [6.45, 7) is 0. The molecule has 1 nitrogen and oxygen atoms in total. The minimum atomic E-state index is 0. The molecule has 0 heterocycles. The molecule has 0 saturated carbocycles. The van der Waals surface area contributed by atoms with Gasteiger partial charge in [0.25, 0.3) is 0 Å². The van der Waals surface area contributed by atoms with Crippen LogP contribution >= 0.6 is 0 Å². The molecule has 2 radical (unpaired) electrons. The number of rotatable bonds is 0. The maximum Gasteiger partial charge on any atom is 0 e. The van der Waals surface area contributed by atoms with E-state index in [2.05, 4.69) is 0 Å². The molecule has 0 atom stereocenters. The first-order valence-electron chi connectivity index (χ1n) is 0. The van der Waals surface area contributed by atoms with Gasteiger partial charge in [-0.05, 0) is 0 Å². The van der Waals surface area contributed by atoms with E-state index < -0.39 is 0 Å². The van der Waals surface area contributed by atoms with Crippen LogP contribution in [0.2, 0.25) is 0 Å². The summed E-state index contributed by atoms with van der Waals surface area (Å²) < 4.78 is 0. The smallest absolute Gasteiger partial charge is 0 e. The van der Waals surface area contributed by atoms with Crippen LogP contribution in [0.3, 0.4) is 0 Å². The second-order valence-electron chi connectivity index (χ2n) is 0. The molecule has 0 fully saturated rings. The SMILES string of the molecule is O.[Co].[Mn].[Ni].[Ti]. The molecule has 38 valence electrons. The molecule has 0 aromatic rings. The van der Waals surface area contributed by atoms with E-state index >= 15 is 0 Å². The van der Waals surface area contributed by atoms with Gasteiger partial charge in [-0.15, -0.1) is 0 Å². The topological polar surface area (TPSA) is 31.5 Å². The molecular formula is H2CoMnNiOTi. The second kappa shape index (κ2) is 34.7. The van der Waals surface area contributed by atoms with Gasteiger partial charge >= 0.3 is 0 Å². The van der Waals surface area contributed by atoms with Gasteiger partial charge in [0.15, 0.2) is 0 Å². The van der Waals surface area contributed by atoms with Crippen molar-refractivity contribution in [1.29, 1.82) is 0 Å². The average Bonchev–Trinajstić information content (AvgIpc) is 0. The molecule has 5 heteroatoms. The van der Waals surface area contributed by atoms with Gasteiger partial charge in [-0.2, -0.15) is 0 Å². The van der Waals surface area contributed by atoms with Crippen LogP contribution in [0.15, 0.2) is 0 Å². The fraction of sp³-hybridized carbons (Fsp3) is 0. The Hall–Kier alpha value is 2.19. The van der Waals surface area contributed by atoms with Gasteiger partial charge in [-0.3, -0.25) is 0 Å². The molecule has 0 aliphatic rings. The Bertz CT molecular complexity index is 11.6. The van der Waals surface area contributed by atoms with Crippen LogP contribution in [0, 0.1) is 0 Å². The molecule has 0 aromatic heterocycles. The van der Waals surface area contributed by atoms with Crippen molar-refractivity contribution >= 4 is 0 Å². The molecule has 0 rings (SSSR count). The van der Waals surface area contributed by atoms with E-state index in [4.69, 9.17) is 0 Å². The predicted octanol–water partition coefficient (Wildman–Crippen LogP) is -0.835. The molecule has 5 heavy (non-hydrogen) atoms. The molecule has 0 aliphatic heterocycles. The van der Waals surface area contributed by atoms with Gasteiger partial charge in [0.05, 0.1) is 0 Å². The van der Waals surface area contributed by atoms with Crippen molar-refractivity contribution < 1.29 is 77.5 Å². The van der Waals surface area contributed by atoms with Gasteiger partial charge in [-0.1, -0.05) is 0 Å². The molecule has 0 unspecified atom stereocenters. The zero-order valence-corrected chi connectivity index (χ0v) is 6.80. The third-order valence-electron chi connectivity index (χ3n) is 0. The minimum absolute atomic E-state index is 0. The summed E-state index contributed by atoms with van der Waals surface area (Å²) >= 11 is 0. The maximum atomic E-state index is 0. The van der Waals surface area contributed by atoms with Gasteiger partial charge in [0.2, 0.25) is 0 Å². The quantitative estimate of drug-likeness (QED) is 0.493. The van der Waals surface area contributed by atoms with Crippen LogP contribution in [0.25, 0.3) is 0 Å². The summed E-state index contributed by atoms with van der Waals surface area (Å²) in [5.41, 5.74) is 0. The van der Waals surface area contributed by atoms with E-state index in [1.54, 1.807) is 0 Å². The molecule has 0 aliphatic carbocycles. The maximum absolute atomic E-state index is 0. The average molecular weight is 238 g/mol. The predicted molar refractivity (Wildman–Crippen MR) is 3.61 cm³/mol. The van der Waals surface area contributed by atoms with Crippen LogP contribution in [0.5, 0.6) is 0 Å². The zero-order chi connectivity index (χ0) is 0.